The summed E-state index contributed by atoms with van der Waals surface area (Å²) in [4.78, 5) is 18.2. The zero-order valence-electron chi connectivity index (χ0n) is 21.5. The van der Waals surface area contributed by atoms with Crippen LogP contribution in [0.15, 0.2) is 134 Å². The van der Waals surface area contributed by atoms with Gasteiger partial charge < -0.3 is 0 Å². The molecule has 0 N–H and O–H groups in total. The summed E-state index contributed by atoms with van der Waals surface area (Å²) in [5, 5.41) is 7.49. The zero-order valence-corrected chi connectivity index (χ0v) is 21.5. The van der Waals surface area contributed by atoms with Crippen LogP contribution in [0, 0.1) is 0 Å². The normalized spacial score (nSPS) is 11.5. The van der Waals surface area contributed by atoms with E-state index in [0.717, 1.165) is 33.9 Å². The lowest BCUT2D eigenvalue weighted by Gasteiger charge is -2.17. The smallest absolute Gasteiger partial charge is 0.0892 e. The van der Waals surface area contributed by atoms with Gasteiger partial charge in [0.05, 0.1) is 22.8 Å². The van der Waals surface area contributed by atoms with Crippen molar-refractivity contribution in [3.05, 3.63) is 134 Å². The minimum absolute atomic E-state index is 0.868. The molecule has 0 bridgehead atoms. The van der Waals surface area contributed by atoms with Crippen molar-refractivity contribution in [3.8, 4) is 45.0 Å². The number of benzene rings is 4. The second kappa shape index (κ2) is 9.07. The molecule has 0 unspecified atom stereocenters. The molecule has 8 aromatic rings. The van der Waals surface area contributed by atoms with Crippen molar-refractivity contribution >= 4 is 32.3 Å². The highest BCUT2D eigenvalue weighted by Gasteiger charge is 2.16. The summed E-state index contributed by atoms with van der Waals surface area (Å²) < 4.78 is 0. The first-order chi connectivity index (χ1) is 19.8. The molecule has 4 nitrogen and oxygen atoms in total. The van der Waals surface area contributed by atoms with Gasteiger partial charge in [-0.15, -0.1) is 0 Å². The first-order valence-electron chi connectivity index (χ1n) is 13.3. The van der Waals surface area contributed by atoms with Crippen molar-refractivity contribution in [1.82, 2.24) is 19.9 Å². The van der Waals surface area contributed by atoms with Gasteiger partial charge in [-0.1, -0.05) is 60.7 Å². The lowest BCUT2D eigenvalue weighted by Crippen LogP contribution is -1.92. The van der Waals surface area contributed by atoms with Crippen LogP contribution >= 0.6 is 0 Å². The lowest BCUT2D eigenvalue weighted by atomic mass is 9.87. The SMILES string of the molecule is c1ccc(-c2cc(-c3ccc4ccc5c(-c6ccnc(-c7ccccn7)c6)ccc6ccc3c4c65)ccn2)nc1. The molecule has 0 saturated carbocycles. The molecule has 0 spiro atoms. The fourth-order valence-corrected chi connectivity index (χ4v) is 5.81. The van der Waals surface area contributed by atoms with Crippen LogP contribution in [0.2, 0.25) is 0 Å². The number of pyridine rings is 4. The van der Waals surface area contributed by atoms with Gasteiger partial charge in [0.1, 0.15) is 0 Å². The Kier molecular flexibility index (Phi) is 5.10. The van der Waals surface area contributed by atoms with E-state index in [9.17, 15) is 0 Å². The molecule has 40 heavy (non-hydrogen) atoms. The highest BCUT2D eigenvalue weighted by atomic mass is 14.8. The fraction of sp³-hybridized carbons (Fsp3) is 0. The summed E-state index contributed by atoms with van der Waals surface area (Å²) in [6.07, 6.45) is 7.36. The monoisotopic (exact) mass is 510 g/mol. The third-order valence-electron chi connectivity index (χ3n) is 7.66. The Morgan fingerprint density at radius 2 is 0.800 bits per heavy atom. The van der Waals surface area contributed by atoms with Gasteiger partial charge in [-0.05, 0) is 103 Å². The molecule has 0 aliphatic rings. The summed E-state index contributed by atoms with van der Waals surface area (Å²) in [7, 11) is 0. The average Bonchev–Trinajstić information content (AvgIpc) is 3.04. The molecule has 186 valence electrons. The van der Waals surface area contributed by atoms with Gasteiger partial charge in [0.15, 0.2) is 0 Å². The average molecular weight is 511 g/mol. The molecule has 4 aromatic heterocycles. The van der Waals surface area contributed by atoms with Crippen molar-refractivity contribution in [2.24, 2.45) is 0 Å². The molecule has 0 atom stereocenters. The second-order valence-corrected chi connectivity index (χ2v) is 9.94. The Morgan fingerprint density at radius 3 is 1.25 bits per heavy atom. The van der Waals surface area contributed by atoms with Gasteiger partial charge >= 0.3 is 0 Å². The largest absolute Gasteiger partial charge is 0.255 e. The molecule has 0 aliphatic heterocycles. The van der Waals surface area contributed by atoms with E-state index in [4.69, 9.17) is 0 Å². The highest BCUT2D eigenvalue weighted by Crippen LogP contribution is 2.42. The molecular formula is C36H22N4. The molecule has 8 rings (SSSR count). The van der Waals surface area contributed by atoms with E-state index in [1.54, 1.807) is 12.4 Å². The quantitative estimate of drug-likeness (QED) is 0.222. The molecule has 0 saturated heterocycles. The minimum Gasteiger partial charge on any atom is -0.255 e. The Bertz CT molecular complexity index is 2000. The van der Waals surface area contributed by atoms with Gasteiger partial charge in [-0.3, -0.25) is 19.9 Å². The van der Waals surface area contributed by atoms with E-state index in [2.05, 4.69) is 92.7 Å². The van der Waals surface area contributed by atoms with Gasteiger partial charge in [0, 0.05) is 24.8 Å². The third kappa shape index (κ3) is 3.62. The fourth-order valence-electron chi connectivity index (χ4n) is 5.81. The van der Waals surface area contributed by atoms with Crippen LogP contribution in [0.3, 0.4) is 0 Å². The summed E-state index contributed by atoms with van der Waals surface area (Å²) >= 11 is 0. The molecule has 4 heteroatoms. The maximum atomic E-state index is 4.60. The van der Waals surface area contributed by atoms with Crippen molar-refractivity contribution < 1.29 is 0 Å². The van der Waals surface area contributed by atoms with Gasteiger partial charge in [0.2, 0.25) is 0 Å². The minimum atomic E-state index is 0.868. The van der Waals surface area contributed by atoms with Crippen LogP contribution in [0.1, 0.15) is 0 Å². The van der Waals surface area contributed by atoms with E-state index in [1.807, 2.05) is 48.8 Å². The highest BCUT2D eigenvalue weighted by molar-refractivity contribution is 6.27. The molecule has 0 aliphatic carbocycles. The summed E-state index contributed by atoms with van der Waals surface area (Å²) in [6, 6.07) is 38.2. The first-order valence-corrected chi connectivity index (χ1v) is 13.3. The van der Waals surface area contributed by atoms with Crippen molar-refractivity contribution in [2.75, 3.05) is 0 Å². The Labute approximate surface area is 231 Å². The summed E-state index contributed by atoms with van der Waals surface area (Å²) in [5.74, 6) is 0. The van der Waals surface area contributed by atoms with Gasteiger partial charge in [-0.25, -0.2) is 0 Å². The van der Waals surface area contributed by atoms with Crippen LogP contribution in [-0.2, 0) is 0 Å². The molecule has 4 heterocycles. The zero-order chi connectivity index (χ0) is 26.5. The molecule has 0 fully saturated rings. The number of hydrogen-bond acceptors (Lipinski definition) is 4. The Balaban J connectivity index is 1.34. The second-order valence-electron chi connectivity index (χ2n) is 9.94. The predicted octanol–water partition coefficient (Wildman–Crippen LogP) is 8.83. The standard InChI is InChI=1S/C36H22N4/c1-3-17-37-31(5-1)33-21-25(15-19-39-33)27-11-7-23-10-14-30-28(12-8-24-9-13-29(27)35(23)36(24)30)26-16-20-40-34(22-26)32-6-2-4-18-38-32/h1-22H. The molecular weight excluding hydrogens is 488 g/mol. The van der Waals surface area contributed by atoms with Crippen LogP contribution in [-0.4, -0.2) is 19.9 Å². The maximum Gasteiger partial charge on any atom is 0.0892 e. The van der Waals surface area contributed by atoms with Crippen molar-refractivity contribution in [2.45, 2.75) is 0 Å². The van der Waals surface area contributed by atoms with E-state index in [0.29, 0.717) is 0 Å². The summed E-state index contributed by atoms with van der Waals surface area (Å²) in [6.45, 7) is 0. The Hall–Kier alpha value is -5.48. The van der Waals surface area contributed by atoms with Gasteiger partial charge in [0.25, 0.3) is 0 Å². The van der Waals surface area contributed by atoms with Crippen LogP contribution in [0.5, 0.6) is 0 Å². The van der Waals surface area contributed by atoms with Crippen LogP contribution < -0.4 is 0 Å². The van der Waals surface area contributed by atoms with Crippen LogP contribution in [0.4, 0.5) is 0 Å². The number of rotatable bonds is 4. The molecule has 0 radical (unpaired) electrons. The lowest BCUT2D eigenvalue weighted by molar-refractivity contribution is 1.25. The van der Waals surface area contributed by atoms with Crippen molar-refractivity contribution in [3.63, 3.8) is 0 Å². The van der Waals surface area contributed by atoms with E-state index >= 15 is 0 Å². The molecule has 4 aromatic carbocycles. The van der Waals surface area contributed by atoms with E-state index < -0.39 is 0 Å². The van der Waals surface area contributed by atoms with E-state index in [1.165, 1.54) is 43.4 Å². The van der Waals surface area contributed by atoms with Crippen LogP contribution in [0.25, 0.3) is 77.3 Å². The maximum absolute atomic E-state index is 4.60. The third-order valence-corrected chi connectivity index (χ3v) is 7.66. The predicted molar refractivity (Wildman–Crippen MR) is 163 cm³/mol. The summed E-state index contributed by atoms with van der Waals surface area (Å²) in [5.41, 5.74) is 8.11. The van der Waals surface area contributed by atoms with E-state index in [-0.39, 0.29) is 0 Å². The van der Waals surface area contributed by atoms with Gasteiger partial charge in [-0.2, -0.15) is 0 Å². The number of aromatic nitrogens is 4. The number of nitrogens with zero attached hydrogens (tertiary/aromatic N) is 4. The first kappa shape index (κ1) is 22.5. The van der Waals surface area contributed by atoms with Crippen molar-refractivity contribution in [1.29, 1.82) is 0 Å². The topological polar surface area (TPSA) is 51.6 Å². The Morgan fingerprint density at radius 1 is 0.350 bits per heavy atom. The number of hydrogen-bond donors (Lipinski definition) is 0. The molecule has 0 amide bonds.